The summed E-state index contributed by atoms with van der Waals surface area (Å²) in [7, 11) is -4.19. The van der Waals surface area contributed by atoms with E-state index in [1.807, 2.05) is 0 Å². The van der Waals surface area contributed by atoms with E-state index in [0.29, 0.717) is 48.3 Å². The molecule has 2 aliphatic rings. The first kappa shape index (κ1) is 18.2. The first-order valence-corrected chi connectivity index (χ1v) is 9.73. The molecule has 0 bridgehead atoms. The minimum Gasteiger partial charge on any atom is -0.477 e. The Labute approximate surface area is 150 Å². The van der Waals surface area contributed by atoms with E-state index in [0.717, 1.165) is 6.20 Å². The van der Waals surface area contributed by atoms with E-state index >= 15 is 0 Å². The number of hydrogen-bond acceptors (Lipinski definition) is 5. The van der Waals surface area contributed by atoms with E-state index < -0.39 is 21.7 Å². The van der Waals surface area contributed by atoms with E-state index in [1.165, 1.54) is 6.07 Å². The largest absolute Gasteiger partial charge is 0.477 e. The molecule has 1 aromatic rings. The van der Waals surface area contributed by atoms with Crippen LogP contribution in [0.3, 0.4) is 0 Å². The van der Waals surface area contributed by atoms with Gasteiger partial charge < -0.3 is 10.0 Å². The molecule has 0 spiro atoms. The molecular weight excluding hydrogens is 372 g/mol. The number of carbonyl (C=O) groups is 2. The predicted octanol–water partition coefficient (Wildman–Crippen LogP) is 0.220. The second kappa shape index (κ2) is 6.27. The van der Waals surface area contributed by atoms with E-state index in [4.69, 9.17) is 16.9 Å². The third-order valence-corrected chi connectivity index (χ3v) is 6.14. The lowest BCUT2D eigenvalue weighted by molar-refractivity contribution is -0.135. The van der Waals surface area contributed by atoms with Crippen molar-refractivity contribution >= 4 is 33.9 Å². The number of rotatable bonds is 5. The smallest absolute Gasteiger partial charge is 0.353 e. The average Bonchev–Trinajstić information content (AvgIpc) is 3.22. The van der Waals surface area contributed by atoms with Crippen LogP contribution in [0.4, 0.5) is 0 Å². The quantitative estimate of drug-likeness (QED) is 0.615. The maximum Gasteiger partial charge on any atom is 0.353 e. The van der Waals surface area contributed by atoms with Crippen molar-refractivity contribution in [2.75, 3.05) is 13.1 Å². The van der Waals surface area contributed by atoms with E-state index in [1.54, 1.807) is 4.90 Å². The van der Waals surface area contributed by atoms with Crippen molar-refractivity contribution < 1.29 is 23.1 Å². The van der Waals surface area contributed by atoms with Crippen molar-refractivity contribution in [3.63, 3.8) is 0 Å². The van der Waals surface area contributed by atoms with Crippen LogP contribution in [0.25, 0.3) is 0 Å². The maximum absolute atomic E-state index is 12.5. The predicted molar refractivity (Wildman–Crippen MR) is 89.4 cm³/mol. The molecule has 0 atom stereocenters. The number of nitrogens with two attached hydrogens (primary N) is 1. The van der Waals surface area contributed by atoms with E-state index in [2.05, 4.69) is 4.84 Å². The van der Waals surface area contributed by atoms with Crippen molar-refractivity contribution in [3.05, 3.63) is 23.5 Å². The first-order valence-electron chi connectivity index (χ1n) is 7.84. The summed E-state index contributed by atoms with van der Waals surface area (Å²) < 4.78 is 23.7. The van der Waals surface area contributed by atoms with Gasteiger partial charge in [0.05, 0.1) is 0 Å². The van der Waals surface area contributed by atoms with Crippen LogP contribution in [0.15, 0.2) is 12.3 Å². The number of amides is 1. The monoisotopic (exact) mass is 390 g/mol. The molecule has 11 heteroatoms. The highest BCUT2D eigenvalue weighted by molar-refractivity contribution is 7.87. The zero-order valence-electron chi connectivity index (χ0n) is 13.3. The number of nitrogens with zero attached hydrogens (tertiary/aromatic N) is 2. The third kappa shape index (κ3) is 3.26. The van der Waals surface area contributed by atoms with Gasteiger partial charge in [-0.15, -0.1) is 0 Å². The first-order chi connectivity index (χ1) is 11.7. The number of hydrogen-bond donors (Lipinski definition) is 3. The summed E-state index contributed by atoms with van der Waals surface area (Å²) in [4.78, 5) is 28.2. The normalized spacial score (nSPS) is 20.5. The summed E-state index contributed by atoms with van der Waals surface area (Å²) in [5.41, 5.74) is -0.573. The van der Waals surface area contributed by atoms with E-state index in [-0.39, 0.29) is 17.5 Å². The molecule has 138 valence electrons. The Bertz CT molecular complexity index is 809. The maximum atomic E-state index is 12.5. The molecule has 1 saturated carbocycles. The standard InChI is InChI=1S/C14H19ClN4O5S/c15-17-14(4-5-14)13(22)18-6-1-9(2-7-18)10-3-8-19(25(16,23)24)11(10)12(20)21/h3,8-9,17H,1-2,4-7H2,(H,20,21)(H2,16,23,24). The number of carboxylic acids is 1. The lowest BCUT2D eigenvalue weighted by Crippen LogP contribution is -2.48. The Kier molecular flexibility index (Phi) is 4.56. The molecule has 1 amide bonds. The van der Waals surface area contributed by atoms with Gasteiger partial charge in [0.25, 0.3) is 0 Å². The molecule has 0 unspecified atom stereocenters. The molecular formula is C14H19ClN4O5S. The van der Waals surface area contributed by atoms with Crippen LogP contribution in [0.2, 0.25) is 0 Å². The molecule has 4 N–H and O–H groups in total. The Morgan fingerprint density at radius 1 is 1.32 bits per heavy atom. The van der Waals surface area contributed by atoms with Crippen LogP contribution in [0, 0.1) is 0 Å². The summed E-state index contributed by atoms with van der Waals surface area (Å²) in [5, 5.41) is 14.5. The minimum absolute atomic E-state index is 0.0403. The molecule has 2 heterocycles. The van der Waals surface area contributed by atoms with Crippen molar-refractivity contribution in [3.8, 4) is 0 Å². The Hall–Kier alpha value is -1.62. The summed E-state index contributed by atoms with van der Waals surface area (Å²) in [5.74, 6) is -1.55. The van der Waals surface area contributed by atoms with Crippen molar-refractivity contribution in [2.45, 2.75) is 37.1 Å². The number of piperidine rings is 1. The molecule has 25 heavy (non-hydrogen) atoms. The molecule has 9 nitrogen and oxygen atoms in total. The average molecular weight is 391 g/mol. The summed E-state index contributed by atoms with van der Waals surface area (Å²) >= 11 is 5.66. The molecule has 1 aliphatic carbocycles. The number of carbonyl (C=O) groups excluding carboxylic acids is 1. The van der Waals surface area contributed by atoms with Gasteiger partial charge >= 0.3 is 16.2 Å². The number of aromatic carboxylic acids is 1. The highest BCUT2D eigenvalue weighted by Crippen LogP contribution is 2.39. The van der Waals surface area contributed by atoms with Crippen LogP contribution in [0.1, 0.15) is 47.7 Å². The second-order valence-electron chi connectivity index (χ2n) is 6.51. The van der Waals surface area contributed by atoms with E-state index in [9.17, 15) is 23.1 Å². The zero-order valence-corrected chi connectivity index (χ0v) is 14.9. The zero-order chi connectivity index (χ0) is 18.4. The van der Waals surface area contributed by atoms with Gasteiger partial charge in [0.15, 0.2) is 0 Å². The van der Waals surface area contributed by atoms with Crippen molar-refractivity contribution in [2.24, 2.45) is 5.14 Å². The molecule has 0 radical (unpaired) electrons. The topological polar surface area (TPSA) is 135 Å². The van der Waals surface area contributed by atoms with Crippen molar-refractivity contribution in [1.82, 2.24) is 13.7 Å². The van der Waals surface area contributed by atoms with Crippen LogP contribution < -0.4 is 9.97 Å². The van der Waals surface area contributed by atoms with Gasteiger partial charge in [-0.05, 0) is 55.0 Å². The van der Waals surface area contributed by atoms with Crippen LogP contribution in [-0.2, 0) is 15.0 Å². The second-order valence-corrected chi connectivity index (χ2v) is 8.12. The molecule has 2 fully saturated rings. The third-order valence-electron chi connectivity index (χ3n) is 4.92. The van der Waals surface area contributed by atoms with Crippen LogP contribution >= 0.6 is 11.8 Å². The van der Waals surface area contributed by atoms with Crippen LogP contribution in [0.5, 0.6) is 0 Å². The van der Waals surface area contributed by atoms with Gasteiger partial charge in [0.1, 0.15) is 11.2 Å². The fourth-order valence-electron chi connectivity index (χ4n) is 3.36. The molecule has 1 aromatic heterocycles. The highest BCUT2D eigenvalue weighted by Gasteiger charge is 2.51. The summed E-state index contributed by atoms with van der Waals surface area (Å²) in [6.45, 7) is 0.923. The Morgan fingerprint density at radius 3 is 2.36 bits per heavy atom. The van der Waals surface area contributed by atoms with Gasteiger partial charge in [-0.25, -0.2) is 18.7 Å². The molecule has 1 aliphatic heterocycles. The molecule has 3 rings (SSSR count). The fourth-order valence-corrected chi connectivity index (χ4v) is 4.30. The fraction of sp³-hybridized carbons (Fsp3) is 0.571. The van der Waals surface area contributed by atoms with Gasteiger partial charge in [-0.1, -0.05) is 0 Å². The highest BCUT2D eigenvalue weighted by atomic mass is 35.5. The van der Waals surface area contributed by atoms with Gasteiger partial charge in [0, 0.05) is 19.3 Å². The molecule has 1 saturated heterocycles. The SMILES string of the molecule is NS(=O)(=O)n1ccc(C2CCN(C(=O)C3(NCl)CC3)CC2)c1C(=O)O. The lowest BCUT2D eigenvalue weighted by Gasteiger charge is -2.34. The number of likely N-dealkylation sites (tertiary alicyclic amines) is 1. The summed E-state index contributed by atoms with van der Waals surface area (Å²) in [6, 6.07) is 1.47. The van der Waals surface area contributed by atoms with Gasteiger partial charge in [0.2, 0.25) is 5.91 Å². The van der Waals surface area contributed by atoms with Crippen molar-refractivity contribution in [1.29, 1.82) is 0 Å². The number of nitrogens with one attached hydrogen (secondary N) is 1. The number of carboxylic acid groups (broad SMARTS) is 1. The number of aromatic nitrogens is 1. The Morgan fingerprint density at radius 2 is 1.92 bits per heavy atom. The van der Waals surface area contributed by atoms with Gasteiger partial charge in [-0.2, -0.15) is 8.42 Å². The lowest BCUT2D eigenvalue weighted by atomic mass is 9.89. The summed E-state index contributed by atoms with van der Waals surface area (Å²) in [6.07, 6.45) is 3.64. The minimum atomic E-state index is -4.19. The molecule has 0 aromatic carbocycles. The van der Waals surface area contributed by atoms with Crippen LogP contribution in [-0.4, -0.2) is 52.9 Å². The Balaban J connectivity index is 1.77. The van der Waals surface area contributed by atoms with Gasteiger partial charge in [-0.3, -0.25) is 4.79 Å². The number of halogens is 1.